The van der Waals surface area contributed by atoms with Crippen molar-refractivity contribution in [2.45, 2.75) is 30.5 Å². The van der Waals surface area contributed by atoms with Crippen LogP contribution in [0.3, 0.4) is 0 Å². The fourth-order valence-corrected chi connectivity index (χ4v) is 4.22. The van der Waals surface area contributed by atoms with Gasteiger partial charge in [0.2, 0.25) is 11.8 Å². The molecule has 1 amide bonds. The van der Waals surface area contributed by atoms with Gasteiger partial charge in [0, 0.05) is 10.0 Å². The van der Waals surface area contributed by atoms with Gasteiger partial charge in [0.1, 0.15) is 5.75 Å². The minimum absolute atomic E-state index is 0.0379. The molecule has 1 N–H and O–H groups in total. The van der Waals surface area contributed by atoms with Gasteiger partial charge < -0.3 is 14.5 Å². The Morgan fingerprint density at radius 2 is 1.93 bits per heavy atom. The van der Waals surface area contributed by atoms with Crippen LogP contribution in [0.1, 0.15) is 30.9 Å². The first kappa shape index (κ1) is 20.9. The molecule has 1 atom stereocenters. The van der Waals surface area contributed by atoms with Crippen LogP contribution < -0.4 is 10.1 Å². The lowest BCUT2D eigenvalue weighted by atomic mass is 9.77. The Morgan fingerprint density at radius 3 is 2.57 bits per heavy atom. The Bertz CT molecular complexity index is 988. The van der Waals surface area contributed by atoms with E-state index in [0.717, 1.165) is 34.2 Å². The molecule has 0 saturated heterocycles. The maximum Gasteiger partial charge on any atom is 0.277 e. The lowest BCUT2D eigenvalue weighted by Gasteiger charge is -2.34. The van der Waals surface area contributed by atoms with E-state index < -0.39 is 0 Å². The van der Waals surface area contributed by atoms with E-state index in [-0.39, 0.29) is 17.7 Å². The summed E-state index contributed by atoms with van der Waals surface area (Å²) in [6.45, 7) is 0. The average molecular weight is 488 g/mol. The number of nitrogens with zero attached hydrogens (tertiary/aromatic N) is 2. The van der Waals surface area contributed by atoms with Gasteiger partial charge >= 0.3 is 0 Å². The molecule has 1 fully saturated rings. The molecular formula is C22H22BrN3O3S. The van der Waals surface area contributed by atoms with Crippen molar-refractivity contribution in [1.29, 1.82) is 0 Å². The zero-order chi connectivity index (χ0) is 20.9. The average Bonchev–Trinajstić information content (AvgIpc) is 3.20. The molecule has 0 spiro atoms. The standard InChI is InChI=1S/C22H22BrN3O3S/c1-28-18-11-7-16(8-12-18)21-25-26-22(29-21)30-13-19(27)24-20(14-3-2-4-14)15-5-9-17(23)10-6-15/h5-12,14,20H,2-4,13H2,1H3,(H,24,27). The van der Waals surface area contributed by atoms with Gasteiger partial charge in [-0.1, -0.05) is 46.2 Å². The van der Waals surface area contributed by atoms with Crippen LogP contribution in [0.15, 0.2) is 62.6 Å². The van der Waals surface area contributed by atoms with Gasteiger partial charge in [-0.15, -0.1) is 10.2 Å². The summed E-state index contributed by atoms with van der Waals surface area (Å²) < 4.78 is 11.9. The van der Waals surface area contributed by atoms with Crippen LogP contribution in [-0.4, -0.2) is 29.0 Å². The molecule has 3 aromatic rings. The normalized spacial score (nSPS) is 14.7. The Labute approximate surface area is 187 Å². The summed E-state index contributed by atoms with van der Waals surface area (Å²) in [6.07, 6.45) is 3.50. The van der Waals surface area contributed by atoms with Gasteiger partial charge in [-0.3, -0.25) is 4.79 Å². The van der Waals surface area contributed by atoms with Crippen molar-refractivity contribution >= 4 is 33.6 Å². The summed E-state index contributed by atoms with van der Waals surface area (Å²) in [6, 6.07) is 15.6. The van der Waals surface area contributed by atoms with Crippen molar-refractivity contribution in [3.8, 4) is 17.2 Å². The third kappa shape index (κ3) is 5.05. The van der Waals surface area contributed by atoms with E-state index in [1.807, 2.05) is 36.4 Å². The summed E-state index contributed by atoms with van der Waals surface area (Å²) in [7, 11) is 1.62. The first-order chi connectivity index (χ1) is 14.6. The Balaban J connectivity index is 1.35. The lowest BCUT2D eigenvalue weighted by Crippen LogP contribution is -2.37. The molecule has 4 rings (SSSR count). The summed E-state index contributed by atoms with van der Waals surface area (Å²) in [5.74, 6) is 1.86. The predicted molar refractivity (Wildman–Crippen MR) is 119 cm³/mol. The lowest BCUT2D eigenvalue weighted by molar-refractivity contribution is -0.119. The smallest absolute Gasteiger partial charge is 0.277 e. The number of ether oxygens (including phenoxy) is 1. The number of thioether (sulfide) groups is 1. The SMILES string of the molecule is COc1ccc(-c2nnc(SCC(=O)NC(c3ccc(Br)cc3)C3CCC3)o2)cc1. The summed E-state index contributed by atoms with van der Waals surface area (Å²) in [4.78, 5) is 12.6. The van der Waals surface area contributed by atoms with E-state index in [9.17, 15) is 4.79 Å². The molecule has 1 unspecified atom stereocenters. The number of carbonyl (C=O) groups is 1. The van der Waals surface area contributed by atoms with Crippen molar-refractivity contribution in [3.63, 3.8) is 0 Å². The number of carbonyl (C=O) groups excluding carboxylic acids is 1. The minimum atomic E-state index is -0.0379. The van der Waals surface area contributed by atoms with Gasteiger partial charge in [0.05, 0.1) is 18.9 Å². The number of rotatable bonds is 8. The number of halogens is 1. The van der Waals surface area contributed by atoms with Crippen molar-refractivity contribution in [2.24, 2.45) is 5.92 Å². The minimum Gasteiger partial charge on any atom is -0.497 e. The number of methoxy groups -OCH3 is 1. The quantitative estimate of drug-likeness (QED) is 0.436. The van der Waals surface area contributed by atoms with Crippen molar-refractivity contribution < 1.29 is 13.9 Å². The molecule has 0 aliphatic heterocycles. The molecule has 1 heterocycles. The van der Waals surface area contributed by atoms with Gasteiger partial charge in [-0.2, -0.15) is 0 Å². The summed E-state index contributed by atoms with van der Waals surface area (Å²) in [5.41, 5.74) is 1.95. The van der Waals surface area contributed by atoms with Crippen molar-refractivity contribution in [2.75, 3.05) is 12.9 Å². The van der Waals surface area contributed by atoms with E-state index in [1.165, 1.54) is 18.2 Å². The van der Waals surface area contributed by atoms with E-state index in [0.29, 0.717) is 17.0 Å². The van der Waals surface area contributed by atoms with Gasteiger partial charge in [0.15, 0.2) is 0 Å². The second kappa shape index (κ2) is 9.66. The van der Waals surface area contributed by atoms with E-state index >= 15 is 0 Å². The molecular weight excluding hydrogens is 466 g/mol. The molecule has 156 valence electrons. The zero-order valence-corrected chi connectivity index (χ0v) is 18.9. The van der Waals surface area contributed by atoms with E-state index in [4.69, 9.17) is 9.15 Å². The predicted octanol–water partition coefficient (Wildman–Crippen LogP) is 5.26. The van der Waals surface area contributed by atoms with Crippen LogP contribution in [0.4, 0.5) is 0 Å². The molecule has 8 heteroatoms. The molecule has 1 aliphatic rings. The van der Waals surface area contributed by atoms with Crippen LogP contribution in [0.25, 0.3) is 11.5 Å². The second-order valence-corrected chi connectivity index (χ2v) is 9.02. The van der Waals surface area contributed by atoms with Crippen molar-refractivity contribution in [3.05, 3.63) is 58.6 Å². The topological polar surface area (TPSA) is 77.2 Å². The number of hydrogen-bond acceptors (Lipinski definition) is 6. The first-order valence-corrected chi connectivity index (χ1v) is 11.6. The molecule has 2 aromatic carbocycles. The first-order valence-electron chi connectivity index (χ1n) is 9.78. The van der Waals surface area contributed by atoms with Gasteiger partial charge in [-0.05, 0) is 60.7 Å². The molecule has 6 nitrogen and oxygen atoms in total. The Hall–Kier alpha value is -2.32. The Morgan fingerprint density at radius 1 is 1.20 bits per heavy atom. The summed E-state index contributed by atoms with van der Waals surface area (Å²) in [5, 5.41) is 11.7. The maximum absolute atomic E-state index is 12.6. The van der Waals surface area contributed by atoms with Crippen LogP contribution in [-0.2, 0) is 4.79 Å². The highest BCUT2D eigenvalue weighted by molar-refractivity contribution is 9.10. The van der Waals surface area contributed by atoms with Gasteiger partial charge in [-0.25, -0.2) is 0 Å². The van der Waals surface area contributed by atoms with Crippen LogP contribution >= 0.6 is 27.7 Å². The molecule has 1 aliphatic carbocycles. The highest BCUT2D eigenvalue weighted by atomic mass is 79.9. The largest absolute Gasteiger partial charge is 0.497 e. The number of amides is 1. The third-order valence-corrected chi connectivity index (χ3v) is 6.58. The third-order valence-electron chi connectivity index (χ3n) is 5.24. The molecule has 1 saturated carbocycles. The molecule has 0 bridgehead atoms. The number of benzene rings is 2. The number of aromatic nitrogens is 2. The number of hydrogen-bond donors (Lipinski definition) is 1. The maximum atomic E-state index is 12.6. The Kier molecular flexibility index (Phi) is 6.74. The zero-order valence-electron chi connectivity index (χ0n) is 16.5. The molecule has 1 aromatic heterocycles. The molecule has 0 radical (unpaired) electrons. The highest BCUT2D eigenvalue weighted by Crippen LogP contribution is 2.38. The number of nitrogens with one attached hydrogen (secondary N) is 1. The second-order valence-electron chi connectivity index (χ2n) is 7.18. The fourth-order valence-electron chi connectivity index (χ4n) is 3.38. The van der Waals surface area contributed by atoms with E-state index in [1.54, 1.807) is 7.11 Å². The monoisotopic (exact) mass is 487 g/mol. The fraction of sp³-hybridized carbons (Fsp3) is 0.318. The van der Waals surface area contributed by atoms with Crippen LogP contribution in [0, 0.1) is 5.92 Å². The van der Waals surface area contributed by atoms with Crippen LogP contribution in [0.2, 0.25) is 0 Å². The van der Waals surface area contributed by atoms with Crippen LogP contribution in [0.5, 0.6) is 5.75 Å². The summed E-state index contributed by atoms with van der Waals surface area (Å²) >= 11 is 4.71. The van der Waals surface area contributed by atoms with Crippen molar-refractivity contribution in [1.82, 2.24) is 15.5 Å². The van der Waals surface area contributed by atoms with Gasteiger partial charge in [0.25, 0.3) is 5.22 Å². The molecule has 30 heavy (non-hydrogen) atoms. The van der Waals surface area contributed by atoms with E-state index in [2.05, 4.69) is 43.6 Å². The highest BCUT2D eigenvalue weighted by Gasteiger charge is 2.29.